The molecule has 0 saturated carbocycles. The van der Waals surface area contributed by atoms with Gasteiger partial charge in [-0.2, -0.15) is 16.8 Å². The highest BCUT2D eigenvalue weighted by atomic mass is 32.2. The molecule has 2 atom stereocenters. The minimum atomic E-state index is -4.52. The average molecular weight is 803 g/mol. The van der Waals surface area contributed by atoms with E-state index in [-0.39, 0.29) is 9.81 Å². The molecule has 2 aliphatic carbocycles. The van der Waals surface area contributed by atoms with Gasteiger partial charge in [0.25, 0.3) is 20.2 Å². The highest BCUT2D eigenvalue weighted by molar-refractivity contribution is 7.90. The van der Waals surface area contributed by atoms with E-state index in [0.29, 0.717) is 78.9 Å². The third kappa shape index (κ3) is 5.37. The second kappa shape index (κ2) is 12.3. The molecule has 2 aliphatic heterocycles. The predicted molar refractivity (Wildman–Crippen MR) is 219 cm³/mol. The zero-order valence-corrected chi connectivity index (χ0v) is 31.4. The van der Waals surface area contributed by atoms with Crippen LogP contribution in [0, 0.1) is 0 Å². The van der Waals surface area contributed by atoms with Crippen LogP contribution in [0.5, 0.6) is 0 Å². The lowest BCUT2D eigenvalue weighted by molar-refractivity contribution is 0.490. The summed E-state index contributed by atoms with van der Waals surface area (Å²) in [6.07, 6.45) is 8.90. The first-order chi connectivity index (χ1) is 28.0. The van der Waals surface area contributed by atoms with Crippen molar-refractivity contribution in [2.45, 2.75) is 11.8 Å². The highest BCUT2D eigenvalue weighted by Gasteiger charge is 2.29. The molecular formula is C42H26N8O6S2. The standard InChI is InChI=1S/C42H26N8O6S2/c51-57(52,53)23-15-13-21(19-23)25-17-18-26(22-14-16-24(20-22)58(54,55)56)34-33(25)41-48-39-31-11-5-3-9-29(31)37(46-39)44-35-27-7-1-2-8-28(27)36(43-35)45-38-30-10-4-6-12-32(30)40(47-38)49-42(34)50-41/h1-22H,(H,51,52,53)(H,54,55,56)(H2,43,44,45,46,47,48,49,50). The fourth-order valence-electron chi connectivity index (χ4n) is 8.08. The fraction of sp³-hybridized carbons (Fsp3) is 0.0476. The lowest BCUT2D eigenvalue weighted by Crippen LogP contribution is -2.00. The summed E-state index contributed by atoms with van der Waals surface area (Å²) in [5.41, 5.74) is 5.90. The van der Waals surface area contributed by atoms with Crippen LogP contribution in [0.2, 0.25) is 0 Å². The van der Waals surface area contributed by atoms with Crippen LogP contribution in [0.4, 0.5) is 0 Å². The molecule has 14 nitrogen and oxygen atoms in total. The zero-order valence-electron chi connectivity index (χ0n) is 29.7. The Hall–Kier alpha value is -6.98. The lowest BCUT2D eigenvalue weighted by atomic mass is 9.89. The fourth-order valence-corrected chi connectivity index (χ4v) is 9.22. The summed E-state index contributed by atoms with van der Waals surface area (Å²) in [7, 11) is -9.03. The molecular weight excluding hydrogens is 777 g/mol. The normalized spacial score (nSPS) is 17.1. The minimum absolute atomic E-state index is 0.253. The van der Waals surface area contributed by atoms with E-state index in [2.05, 4.69) is 9.97 Å². The van der Waals surface area contributed by atoms with Crippen LogP contribution >= 0.6 is 0 Å². The van der Waals surface area contributed by atoms with Gasteiger partial charge in [0, 0.05) is 55.6 Å². The molecule has 0 amide bonds. The number of hydrogen-bond acceptors (Lipinski definition) is 10. The summed E-state index contributed by atoms with van der Waals surface area (Å²) < 4.78 is 68.8. The lowest BCUT2D eigenvalue weighted by Gasteiger charge is -2.14. The molecule has 5 heterocycles. The maximum atomic E-state index is 12.2. The molecule has 4 aromatic carbocycles. The molecule has 4 N–H and O–H groups in total. The van der Waals surface area contributed by atoms with Crippen molar-refractivity contribution in [3.63, 3.8) is 0 Å². The number of allylic oxidation sites excluding steroid dienone is 6. The molecule has 58 heavy (non-hydrogen) atoms. The molecule has 7 aromatic rings. The van der Waals surface area contributed by atoms with Crippen LogP contribution in [0.25, 0.3) is 89.7 Å². The van der Waals surface area contributed by atoms with Crippen molar-refractivity contribution in [2.24, 2.45) is 0 Å². The number of rotatable bonds is 4. The summed E-state index contributed by atoms with van der Waals surface area (Å²) in [6, 6.07) is 26.6. The first-order valence-electron chi connectivity index (χ1n) is 18.0. The summed E-state index contributed by atoms with van der Waals surface area (Å²) in [5.74, 6) is 0.266. The van der Waals surface area contributed by atoms with Crippen molar-refractivity contribution in [1.29, 1.82) is 0 Å². The van der Waals surface area contributed by atoms with Gasteiger partial charge in [0.2, 0.25) is 0 Å². The van der Waals surface area contributed by atoms with Crippen molar-refractivity contribution in [2.75, 3.05) is 0 Å². The van der Waals surface area contributed by atoms with E-state index >= 15 is 0 Å². The molecule has 3 aromatic heterocycles. The van der Waals surface area contributed by atoms with Crippen molar-refractivity contribution >= 4 is 64.4 Å². The molecule has 0 saturated heterocycles. The number of benzene rings is 4. The van der Waals surface area contributed by atoms with Crippen LogP contribution in [0.3, 0.4) is 0 Å². The van der Waals surface area contributed by atoms with Gasteiger partial charge in [-0.1, -0.05) is 109 Å². The minimum Gasteiger partial charge on any atom is -0.324 e. The molecule has 4 aliphatic rings. The van der Waals surface area contributed by atoms with Gasteiger partial charge in [-0.05, 0) is 23.3 Å². The third-order valence-electron chi connectivity index (χ3n) is 10.7. The van der Waals surface area contributed by atoms with Crippen LogP contribution in [0.15, 0.2) is 131 Å². The van der Waals surface area contributed by atoms with E-state index in [9.17, 15) is 25.9 Å². The third-order valence-corrected chi connectivity index (χ3v) is 12.4. The Morgan fingerprint density at radius 2 is 0.793 bits per heavy atom. The molecule has 2 unspecified atom stereocenters. The highest BCUT2D eigenvalue weighted by Crippen LogP contribution is 2.43. The zero-order chi connectivity index (χ0) is 39.5. The van der Waals surface area contributed by atoms with E-state index in [1.165, 1.54) is 24.3 Å². The van der Waals surface area contributed by atoms with Gasteiger partial charge >= 0.3 is 0 Å². The first kappa shape index (κ1) is 34.3. The predicted octanol–water partition coefficient (Wildman–Crippen LogP) is 7.72. The summed E-state index contributed by atoms with van der Waals surface area (Å²) in [6.45, 7) is 0. The Morgan fingerprint density at radius 3 is 1.16 bits per heavy atom. The number of hydrogen-bond donors (Lipinski definition) is 4. The SMILES string of the molecule is O=S(=O)(O)C1=CC(c2ccc(C3C=CC(S(=O)(=O)O)=C3)c3c4nc5nc(nc6[nH]c(nc7nc(nc([nH]4)c23)-c2ccccc2-7)c2ccccc62)-c2ccccc2-5)C=C1. The monoisotopic (exact) mass is 802 g/mol. The Kier molecular flexibility index (Phi) is 7.25. The molecule has 0 radical (unpaired) electrons. The van der Waals surface area contributed by atoms with Gasteiger partial charge in [-0.3, -0.25) is 9.11 Å². The van der Waals surface area contributed by atoms with E-state index in [1.807, 2.05) is 72.8 Å². The molecule has 11 rings (SSSR count). The Labute approximate surface area is 328 Å². The van der Waals surface area contributed by atoms with Crippen molar-refractivity contribution in [1.82, 2.24) is 39.9 Å². The quantitative estimate of drug-likeness (QED) is 0.126. The van der Waals surface area contributed by atoms with Crippen LogP contribution in [0.1, 0.15) is 23.0 Å². The van der Waals surface area contributed by atoms with E-state index in [0.717, 1.165) is 21.9 Å². The summed E-state index contributed by atoms with van der Waals surface area (Å²) in [4.78, 5) is 36.6. The van der Waals surface area contributed by atoms with E-state index in [1.54, 1.807) is 24.3 Å². The van der Waals surface area contributed by atoms with Gasteiger partial charge < -0.3 is 9.97 Å². The maximum absolute atomic E-state index is 12.2. The number of nitrogens with zero attached hydrogens (tertiary/aromatic N) is 6. The van der Waals surface area contributed by atoms with Crippen molar-refractivity contribution in [3.8, 4) is 45.6 Å². The average Bonchev–Trinajstić information content (AvgIpc) is 4.07. The number of aromatic nitrogens is 8. The Bertz CT molecular complexity index is 3320. The van der Waals surface area contributed by atoms with Gasteiger partial charge in [-0.25, -0.2) is 29.9 Å². The topological polar surface area (TPSA) is 218 Å². The molecule has 0 spiro atoms. The number of nitrogens with one attached hydrogen (secondary N) is 2. The smallest absolute Gasteiger partial charge is 0.294 e. The molecule has 0 fully saturated rings. The van der Waals surface area contributed by atoms with Crippen molar-refractivity contribution in [3.05, 3.63) is 142 Å². The Morgan fingerprint density at radius 1 is 0.448 bits per heavy atom. The van der Waals surface area contributed by atoms with Crippen molar-refractivity contribution < 1.29 is 25.9 Å². The number of fused-ring (bicyclic) bond motifs is 20. The largest absolute Gasteiger partial charge is 0.324 e. The molecule has 282 valence electrons. The number of aromatic amines is 2. The maximum Gasteiger partial charge on any atom is 0.294 e. The van der Waals surface area contributed by atoms with Crippen LogP contribution in [-0.4, -0.2) is 65.8 Å². The van der Waals surface area contributed by atoms with Gasteiger partial charge in [0.15, 0.2) is 23.3 Å². The molecule has 8 bridgehead atoms. The Balaban J connectivity index is 1.33. The van der Waals surface area contributed by atoms with Gasteiger partial charge in [0.05, 0.1) is 9.81 Å². The first-order valence-corrected chi connectivity index (χ1v) is 20.9. The summed E-state index contributed by atoms with van der Waals surface area (Å²) >= 11 is 0. The van der Waals surface area contributed by atoms with Crippen LogP contribution < -0.4 is 0 Å². The van der Waals surface area contributed by atoms with Gasteiger partial charge in [-0.15, -0.1) is 0 Å². The second-order valence-electron chi connectivity index (χ2n) is 14.1. The molecule has 16 heteroatoms. The van der Waals surface area contributed by atoms with E-state index in [4.69, 9.17) is 29.9 Å². The number of H-pyrrole nitrogens is 2. The van der Waals surface area contributed by atoms with Gasteiger partial charge in [0.1, 0.15) is 22.6 Å². The summed E-state index contributed by atoms with van der Waals surface area (Å²) in [5, 5.41) is 2.75. The van der Waals surface area contributed by atoms with Crippen LogP contribution in [-0.2, 0) is 20.2 Å². The second-order valence-corrected chi connectivity index (χ2v) is 16.9. The van der Waals surface area contributed by atoms with E-state index < -0.39 is 32.1 Å².